The smallest absolute Gasteiger partial charge is 0.246 e. The number of likely N-dealkylation sites (tertiary alicyclic amines) is 2. The Morgan fingerprint density at radius 2 is 1.31 bits per heavy atom. The Balaban J connectivity index is 0.846. The van der Waals surface area contributed by atoms with Crippen LogP contribution in [0.3, 0.4) is 0 Å². The van der Waals surface area contributed by atoms with Gasteiger partial charge >= 0.3 is 0 Å². The molecule has 0 unspecified atom stereocenters. The average molecular weight is 1410 g/mol. The van der Waals surface area contributed by atoms with Crippen LogP contribution in [-0.4, -0.2) is 186 Å². The van der Waals surface area contributed by atoms with Gasteiger partial charge in [0.2, 0.25) is 59.1 Å². The Morgan fingerprint density at radius 3 is 1.93 bits per heavy atom. The number of nitrogens with one attached hydrogen (secondary N) is 8. The number of aliphatic hydroxyl groups excluding tert-OH is 1. The van der Waals surface area contributed by atoms with Crippen molar-refractivity contribution in [2.24, 2.45) is 17.2 Å². The quantitative estimate of drug-likeness (QED) is 0.0251. The lowest BCUT2D eigenvalue weighted by atomic mass is 9.95. The lowest BCUT2D eigenvalue weighted by Gasteiger charge is -2.37. The summed E-state index contributed by atoms with van der Waals surface area (Å²) in [6.45, 7) is 5.14. The number of nitrogens with zero attached hydrogens (tertiary/aromatic N) is 4. The molecule has 9 atom stereocenters. The first kappa shape index (κ1) is 75.6. The average Bonchev–Trinajstić information content (AvgIpc) is 1.70. The summed E-state index contributed by atoms with van der Waals surface area (Å²) in [6, 6.07) is 6.69. The van der Waals surface area contributed by atoms with E-state index in [1.807, 2.05) is 0 Å². The topological polar surface area (TPSA) is 414 Å². The van der Waals surface area contributed by atoms with Crippen molar-refractivity contribution in [2.75, 3.05) is 38.2 Å². The predicted molar refractivity (Wildman–Crippen MR) is 369 cm³/mol. The minimum atomic E-state index is -1.46. The molecule has 2 aliphatic heterocycles. The number of aromatic amines is 2. The molecule has 8 rings (SSSR count). The summed E-state index contributed by atoms with van der Waals surface area (Å²) in [7, 11) is 1.53. The number of hydrogen-bond acceptors (Lipinski definition) is 17. The Kier molecular flexibility index (Phi) is 27.1. The number of benzene rings is 3. The van der Waals surface area contributed by atoms with Crippen LogP contribution in [0.1, 0.15) is 107 Å². The maximum atomic E-state index is 14.7. The number of amides is 10. The number of aromatic nitrogens is 4. The van der Waals surface area contributed by atoms with Gasteiger partial charge in [-0.15, -0.1) is 0 Å². The molecule has 27 nitrogen and oxygen atoms in total. The van der Waals surface area contributed by atoms with Crippen molar-refractivity contribution >= 4 is 104 Å². The minimum absolute atomic E-state index is 0.0173. The first-order valence-corrected chi connectivity index (χ1v) is 35.1. The van der Waals surface area contributed by atoms with Gasteiger partial charge in [-0.2, -0.15) is 23.5 Å². The maximum absolute atomic E-state index is 14.7. The van der Waals surface area contributed by atoms with E-state index in [4.69, 9.17) is 26.9 Å². The molecule has 99 heavy (non-hydrogen) atoms. The van der Waals surface area contributed by atoms with Gasteiger partial charge in [0.05, 0.1) is 31.0 Å². The highest BCUT2D eigenvalue weighted by atomic mass is 32.2. The number of carbonyl (C=O) groups is 10. The van der Waals surface area contributed by atoms with E-state index < -0.39 is 125 Å². The zero-order valence-electron chi connectivity index (χ0n) is 55.7. The van der Waals surface area contributed by atoms with Gasteiger partial charge < -0.3 is 78.7 Å². The Morgan fingerprint density at radius 1 is 0.707 bits per heavy atom. The summed E-state index contributed by atoms with van der Waals surface area (Å²) in [4.78, 5) is 156. The number of H-pyrrole nitrogens is 2. The third-order valence-corrected chi connectivity index (χ3v) is 19.6. The van der Waals surface area contributed by atoms with Crippen molar-refractivity contribution < 1.29 is 66.6 Å². The lowest BCUT2D eigenvalue weighted by Crippen LogP contribution is -2.62. The van der Waals surface area contributed by atoms with Gasteiger partial charge in [0.25, 0.3) is 0 Å². The Bertz CT molecular complexity index is 3880. The van der Waals surface area contributed by atoms with Gasteiger partial charge in [-0.05, 0) is 137 Å². The zero-order valence-corrected chi connectivity index (χ0v) is 57.3. The summed E-state index contributed by atoms with van der Waals surface area (Å²) < 4.78 is 34.5. The number of thioether (sulfide) groups is 2. The van der Waals surface area contributed by atoms with Crippen LogP contribution in [0.5, 0.6) is 5.75 Å². The van der Waals surface area contributed by atoms with E-state index in [0.717, 1.165) is 0 Å². The van der Waals surface area contributed by atoms with Crippen molar-refractivity contribution in [1.82, 2.24) is 61.6 Å². The van der Waals surface area contributed by atoms with Gasteiger partial charge in [0.1, 0.15) is 65.2 Å². The molecule has 6 aromatic rings. The molecular weight excluding hydrogens is 1320 g/mol. The van der Waals surface area contributed by atoms with Crippen LogP contribution >= 0.6 is 23.5 Å². The molecule has 2 saturated heterocycles. The first-order chi connectivity index (χ1) is 47.3. The molecule has 0 aliphatic carbocycles. The number of fused-ring (bicyclic) bond motifs is 2. The van der Waals surface area contributed by atoms with Crippen LogP contribution in [-0.2, 0) is 78.7 Å². The Hall–Kier alpha value is -9.20. The van der Waals surface area contributed by atoms with E-state index in [1.54, 1.807) is 56.0 Å². The van der Waals surface area contributed by atoms with Crippen molar-refractivity contribution in [3.63, 3.8) is 0 Å². The molecule has 3 aromatic heterocycles. The SMILES string of the molecule is COc1ccc(C[C@H](NC(=O)C[C@@H](C)O)C(=O)N2CCC[C@@]2(C)C(=O)N[C@@H](CSCc2cncc(CSCCC(=O)N[C@@H](CCCCN)C(=O)N[C@H](C)C(=O)N[C@@H](Cc3c[nH]c4ccc(F)cc34)C(=O)N[C@@H](Cc3c[nH]c4ccc(F)cc34)C(=O)N3CCC[C@H]3C(N)=O)n2)C(N)=O)cc1. The van der Waals surface area contributed by atoms with Crippen molar-refractivity contribution in [3.8, 4) is 5.75 Å². The van der Waals surface area contributed by atoms with Crippen molar-refractivity contribution in [2.45, 2.75) is 163 Å². The van der Waals surface area contributed by atoms with E-state index >= 15 is 0 Å². The van der Waals surface area contributed by atoms with E-state index in [2.05, 4.69) is 46.9 Å². The normalized spacial score (nSPS) is 17.4. The molecule has 5 heterocycles. The molecular formula is C68H87F2N15O12S2. The van der Waals surface area contributed by atoms with Gasteiger partial charge in [0.15, 0.2) is 0 Å². The lowest BCUT2D eigenvalue weighted by molar-refractivity contribution is -0.147. The second-order valence-electron chi connectivity index (χ2n) is 25.1. The number of carbonyl (C=O) groups excluding carboxylic acids is 10. The number of hydrogen-bond donors (Lipinski definition) is 12. The number of ether oxygens (including phenoxy) is 1. The fraction of sp³-hybridized carbons (Fsp3) is 0.471. The monoisotopic (exact) mass is 1410 g/mol. The molecule has 2 aliphatic rings. The number of methoxy groups -OCH3 is 1. The van der Waals surface area contributed by atoms with E-state index in [-0.39, 0.29) is 69.5 Å². The number of unbranched alkanes of at least 4 members (excludes halogenated alkanes) is 1. The molecule has 0 spiro atoms. The molecule has 0 bridgehead atoms. The van der Waals surface area contributed by atoms with Gasteiger partial charge in [0, 0.05) is 108 Å². The summed E-state index contributed by atoms with van der Waals surface area (Å²) in [5, 5.41) is 27.2. The van der Waals surface area contributed by atoms with Crippen LogP contribution < -0.4 is 53.8 Å². The molecule has 3 aromatic carbocycles. The van der Waals surface area contributed by atoms with Gasteiger partial charge in [-0.25, -0.2) is 8.78 Å². The summed E-state index contributed by atoms with van der Waals surface area (Å²) >= 11 is 2.65. The number of nitrogens with two attached hydrogens (primary N) is 3. The highest BCUT2D eigenvalue weighted by molar-refractivity contribution is 7.98. The van der Waals surface area contributed by atoms with E-state index in [0.29, 0.717) is 106 Å². The number of halogens is 2. The van der Waals surface area contributed by atoms with Gasteiger partial charge in [-0.1, -0.05) is 12.1 Å². The Labute approximate surface area is 579 Å². The molecule has 2 fully saturated rings. The third-order valence-electron chi connectivity index (χ3n) is 17.5. The fourth-order valence-electron chi connectivity index (χ4n) is 12.2. The number of aliphatic hydroxyl groups is 1. The summed E-state index contributed by atoms with van der Waals surface area (Å²) in [5.41, 5.74) is 19.8. The van der Waals surface area contributed by atoms with Gasteiger partial charge in [-0.3, -0.25) is 57.9 Å². The summed E-state index contributed by atoms with van der Waals surface area (Å²) in [5.74, 6) is -6.17. The molecule has 31 heteroatoms. The summed E-state index contributed by atoms with van der Waals surface area (Å²) in [6.07, 6.45) is 7.38. The highest BCUT2D eigenvalue weighted by Crippen LogP contribution is 2.32. The second kappa shape index (κ2) is 35.5. The standard InChI is InChI=1S/C68H87F2N15O12S2/c1-38(86)25-59(88)80-54(26-40-11-15-47(97-4)16-12-40)66(95)85-23-8-20-68(85,3)67(96)83-56(60(72)89)37-99-36-46-34-74-33-45(78-46)35-98-24-19-58(87)79-52(9-5-6-21-71)63(92)77-39(2)62(91)81-53(27-41-31-75-50-17-13-43(69)29-48(41)50)64(93)82-55(65(94)84-22-7-10-57(84)61(73)90)28-42-32-76-51-18-14-44(70)30-49(42)51/h11-18,29-34,38-39,52-57,75-76,86H,5-10,19-28,35-37,71H2,1-4H3,(H2,72,89)(H2,73,90)(H,77,92)(H,79,87)(H,80,88)(H,81,91)(H,82,93)(H,83,96)/t38-,39-,52+,53+,54+,55+,56+,57+,68+/m1/s1. The van der Waals surface area contributed by atoms with Crippen molar-refractivity contribution in [1.29, 1.82) is 0 Å². The maximum Gasteiger partial charge on any atom is 0.246 e. The van der Waals surface area contributed by atoms with Crippen LogP contribution in [0.25, 0.3) is 21.8 Å². The molecule has 0 saturated carbocycles. The third kappa shape index (κ3) is 20.7. The first-order valence-electron chi connectivity index (χ1n) is 32.8. The van der Waals surface area contributed by atoms with Crippen LogP contribution in [0.2, 0.25) is 0 Å². The molecule has 0 radical (unpaired) electrons. The fourth-order valence-corrected chi connectivity index (χ4v) is 13.9. The number of primary amides is 2. The van der Waals surface area contributed by atoms with Crippen molar-refractivity contribution in [3.05, 3.63) is 125 Å². The number of rotatable bonds is 36. The molecule has 532 valence electrons. The highest BCUT2D eigenvalue weighted by Gasteiger charge is 2.48. The zero-order chi connectivity index (χ0) is 71.5. The van der Waals surface area contributed by atoms with Crippen LogP contribution in [0, 0.1) is 11.6 Å². The van der Waals surface area contributed by atoms with E-state index in [1.165, 1.54) is 90.7 Å². The largest absolute Gasteiger partial charge is 0.497 e. The minimum Gasteiger partial charge on any atom is -0.497 e. The van der Waals surface area contributed by atoms with Crippen LogP contribution in [0.4, 0.5) is 8.78 Å². The second-order valence-corrected chi connectivity index (χ2v) is 27.2. The molecule has 10 amide bonds. The molecule has 15 N–H and O–H groups in total. The predicted octanol–water partition coefficient (Wildman–Crippen LogP) is 2.48. The van der Waals surface area contributed by atoms with Crippen LogP contribution in [0.15, 0.2) is 85.5 Å². The van der Waals surface area contributed by atoms with E-state index in [9.17, 15) is 61.8 Å².